The number of nitrogens with zero attached hydrogens (tertiary/aromatic N) is 4. The van der Waals surface area contributed by atoms with Crippen LogP contribution in [-0.2, 0) is 4.79 Å². The second-order valence-corrected chi connectivity index (χ2v) is 5.59. The van der Waals surface area contributed by atoms with E-state index in [1.54, 1.807) is 34.1 Å². The third-order valence-electron chi connectivity index (χ3n) is 4.07. The smallest absolute Gasteiger partial charge is 0.253 e. The fourth-order valence-corrected chi connectivity index (χ4v) is 2.79. The molecule has 2 N–H and O–H groups in total. The van der Waals surface area contributed by atoms with Crippen LogP contribution in [0.2, 0.25) is 0 Å². The van der Waals surface area contributed by atoms with E-state index in [9.17, 15) is 9.59 Å². The van der Waals surface area contributed by atoms with Crippen molar-refractivity contribution in [2.45, 2.75) is 6.92 Å². The summed E-state index contributed by atoms with van der Waals surface area (Å²) in [6.07, 6.45) is 3.32. The number of primary amides is 1. The Morgan fingerprint density at radius 3 is 2.50 bits per heavy atom. The molecule has 0 radical (unpaired) electrons. The number of nitrogens with two attached hydrogens (primary N) is 1. The number of carbonyl (C=O) groups is 2. The first-order valence-electron chi connectivity index (χ1n) is 7.11. The summed E-state index contributed by atoms with van der Waals surface area (Å²) in [5.74, 6) is -0.598. The first-order valence-corrected chi connectivity index (χ1v) is 7.11. The van der Waals surface area contributed by atoms with Gasteiger partial charge in [-0.05, 0) is 30.2 Å². The lowest BCUT2D eigenvalue weighted by atomic mass is 9.98. The zero-order chi connectivity index (χ0) is 15.7. The van der Waals surface area contributed by atoms with E-state index in [1.807, 2.05) is 19.1 Å². The molecule has 2 heterocycles. The Morgan fingerprint density at radius 2 is 1.95 bits per heavy atom. The maximum Gasteiger partial charge on any atom is 0.253 e. The zero-order valence-corrected chi connectivity index (χ0v) is 12.2. The molecule has 7 nitrogen and oxygen atoms in total. The summed E-state index contributed by atoms with van der Waals surface area (Å²) in [5, 5.41) is 7.64. The van der Waals surface area contributed by atoms with Crippen molar-refractivity contribution >= 4 is 11.8 Å². The largest absolute Gasteiger partial charge is 0.369 e. The minimum Gasteiger partial charge on any atom is -0.369 e. The van der Waals surface area contributed by atoms with Gasteiger partial charge in [-0.2, -0.15) is 0 Å². The van der Waals surface area contributed by atoms with Gasteiger partial charge in [0.15, 0.2) is 0 Å². The molecule has 0 spiro atoms. The number of amides is 2. The summed E-state index contributed by atoms with van der Waals surface area (Å²) < 4.78 is 1.62. The lowest BCUT2D eigenvalue weighted by Gasteiger charge is -2.16. The molecule has 0 saturated carbocycles. The maximum absolute atomic E-state index is 12.5. The molecule has 22 heavy (non-hydrogen) atoms. The van der Waals surface area contributed by atoms with Crippen LogP contribution in [0.15, 0.2) is 36.7 Å². The fourth-order valence-electron chi connectivity index (χ4n) is 2.79. The van der Waals surface area contributed by atoms with Crippen LogP contribution in [0.5, 0.6) is 0 Å². The van der Waals surface area contributed by atoms with Gasteiger partial charge in [0.2, 0.25) is 5.91 Å². The SMILES string of the molecule is C[C@@H]1CN(C(=O)c2ccc(-n3ccnn3)cc2)C[C@H]1C(N)=O. The van der Waals surface area contributed by atoms with Gasteiger partial charge < -0.3 is 10.6 Å². The van der Waals surface area contributed by atoms with E-state index in [4.69, 9.17) is 5.73 Å². The molecular formula is C15H17N5O2. The van der Waals surface area contributed by atoms with Crippen molar-refractivity contribution in [3.05, 3.63) is 42.2 Å². The van der Waals surface area contributed by atoms with Gasteiger partial charge in [0.05, 0.1) is 24.0 Å². The molecule has 114 valence electrons. The van der Waals surface area contributed by atoms with Crippen molar-refractivity contribution in [3.8, 4) is 5.69 Å². The van der Waals surface area contributed by atoms with Crippen molar-refractivity contribution in [2.24, 2.45) is 17.6 Å². The highest BCUT2D eigenvalue weighted by Crippen LogP contribution is 2.24. The van der Waals surface area contributed by atoms with E-state index in [1.165, 1.54) is 0 Å². The van der Waals surface area contributed by atoms with E-state index >= 15 is 0 Å². The average molecular weight is 299 g/mol. The highest BCUT2D eigenvalue weighted by molar-refractivity contribution is 5.95. The molecule has 0 unspecified atom stereocenters. The van der Waals surface area contributed by atoms with Gasteiger partial charge in [-0.1, -0.05) is 12.1 Å². The molecule has 7 heteroatoms. The van der Waals surface area contributed by atoms with Gasteiger partial charge in [-0.25, -0.2) is 4.68 Å². The zero-order valence-electron chi connectivity index (χ0n) is 12.2. The Bertz CT molecular complexity index is 680. The van der Waals surface area contributed by atoms with Crippen LogP contribution < -0.4 is 5.73 Å². The molecule has 1 saturated heterocycles. The molecule has 0 aliphatic carbocycles. The van der Waals surface area contributed by atoms with Crippen LogP contribution in [0.25, 0.3) is 5.69 Å². The summed E-state index contributed by atoms with van der Waals surface area (Å²) >= 11 is 0. The van der Waals surface area contributed by atoms with Crippen LogP contribution >= 0.6 is 0 Å². The highest BCUT2D eigenvalue weighted by atomic mass is 16.2. The molecule has 1 aromatic heterocycles. The van der Waals surface area contributed by atoms with Crippen molar-refractivity contribution in [1.82, 2.24) is 19.9 Å². The summed E-state index contributed by atoms with van der Waals surface area (Å²) in [5.41, 5.74) is 6.79. The third kappa shape index (κ3) is 2.57. The highest BCUT2D eigenvalue weighted by Gasteiger charge is 2.35. The number of hydrogen-bond acceptors (Lipinski definition) is 4. The Morgan fingerprint density at radius 1 is 1.23 bits per heavy atom. The predicted octanol–water partition coefficient (Wildman–Crippen LogP) is 0.461. The van der Waals surface area contributed by atoms with Crippen LogP contribution in [0.3, 0.4) is 0 Å². The van der Waals surface area contributed by atoms with Gasteiger partial charge in [-0.15, -0.1) is 5.10 Å². The van der Waals surface area contributed by atoms with Crippen molar-refractivity contribution in [3.63, 3.8) is 0 Å². The molecule has 2 atom stereocenters. The second-order valence-electron chi connectivity index (χ2n) is 5.59. The van der Waals surface area contributed by atoms with Crippen molar-refractivity contribution < 1.29 is 9.59 Å². The summed E-state index contributed by atoms with van der Waals surface area (Å²) in [4.78, 5) is 25.5. The normalized spacial score (nSPS) is 21.0. The average Bonchev–Trinajstić information content (AvgIpc) is 3.16. The van der Waals surface area contributed by atoms with E-state index in [0.29, 0.717) is 18.7 Å². The number of rotatable bonds is 3. The minimum atomic E-state index is -0.343. The molecule has 3 rings (SSSR count). The molecule has 1 fully saturated rings. The Hall–Kier alpha value is -2.70. The van der Waals surface area contributed by atoms with Crippen molar-refractivity contribution in [1.29, 1.82) is 0 Å². The Kier molecular flexibility index (Phi) is 3.62. The van der Waals surface area contributed by atoms with E-state index < -0.39 is 0 Å². The number of benzene rings is 1. The van der Waals surface area contributed by atoms with Gasteiger partial charge in [0.1, 0.15) is 0 Å². The van der Waals surface area contributed by atoms with Gasteiger partial charge in [0, 0.05) is 18.7 Å². The molecule has 2 aromatic rings. The predicted molar refractivity (Wildman–Crippen MR) is 79.1 cm³/mol. The van der Waals surface area contributed by atoms with Crippen LogP contribution in [0, 0.1) is 11.8 Å². The van der Waals surface area contributed by atoms with Crippen molar-refractivity contribution in [2.75, 3.05) is 13.1 Å². The van der Waals surface area contributed by atoms with E-state index in [-0.39, 0.29) is 23.7 Å². The summed E-state index contributed by atoms with van der Waals surface area (Å²) in [6.45, 7) is 2.88. The first-order chi connectivity index (χ1) is 10.6. The summed E-state index contributed by atoms with van der Waals surface area (Å²) in [6, 6.07) is 7.13. The number of aromatic nitrogens is 3. The Balaban J connectivity index is 1.74. The second kappa shape index (κ2) is 5.59. The molecule has 1 aromatic carbocycles. The molecule has 1 aliphatic heterocycles. The molecule has 2 amide bonds. The number of carbonyl (C=O) groups excluding carboxylic acids is 2. The number of hydrogen-bond donors (Lipinski definition) is 1. The van der Waals surface area contributed by atoms with E-state index in [2.05, 4.69) is 10.3 Å². The van der Waals surface area contributed by atoms with Gasteiger partial charge in [0.25, 0.3) is 5.91 Å². The third-order valence-corrected chi connectivity index (χ3v) is 4.07. The maximum atomic E-state index is 12.5. The van der Waals surface area contributed by atoms with E-state index in [0.717, 1.165) is 5.69 Å². The van der Waals surface area contributed by atoms with Crippen LogP contribution in [0.4, 0.5) is 0 Å². The minimum absolute atomic E-state index is 0.0826. The lowest BCUT2D eigenvalue weighted by molar-refractivity contribution is -0.122. The van der Waals surface area contributed by atoms with Gasteiger partial charge in [-0.3, -0.25) is 9.59 Å². The molecule has 0 bridgehead atoms. The number of likely N-dealkylation sites (tertiary alicyclic amines) is 1. The summed E-state index contributed by atoms with van der Waals surface area (Å²) in [7, 11) is 0. The quantitative estimate of drug-likeness (QED) is 0.891. The standard InChI is InChI=1S/C15H17N5O2/c1-10-8-19(9-13(10)14(16)21)15(22)11-2-4-12(5-3-11)20-7-6-17-18-20/h2-7,10,13H,8-9H2,1H3,(H2,16,21)/t10-,13-/m1/s1. The Labute approximate surface area is 127 Å². The fraction of sp³-hybridized carbons (Fsp3) is 0.333. The van der Waals surface area contributed by atoms with Crippen LogP contribution in [-0.4, -0.2) is 44.8 Å². The topological polar surface area (TPSA) is 94.1 Å². The lowest BCUT2D eigenvalue weighted by Crippen LogP contribution is -2.32. The monoisotopic (exact) mass is 299 g/mol. The molecule has 1 aliphatic rings. The first kappa shape index (κ1) is 14.2. The van der Waals surface area contributed by atoms with Crippen LogP contribution in [0.1, 0.15) is 17.3 Å². The molecular weight excluding hydrogens is 282 g/mol. The van der Waals surface area contributed by atoms with Gasteiger partial charge >= 0.3 is 0 Å².